The lowest BCUT2D eigenvalue weighted by Gasteiger charge is -2.14. The molecule has 2 rings (SSSR count). The van der Waals surface area contributed by atoms with Crippen molar-refractivity contribution in [2.75, 3.05) is 0 Å². The minimum Gasteiger partial charge on any atom is -0.352 e. The molecule has 0 spiro atoms. The van der Waals surface area contributed by atoms with Crippen LogP contribution in [0.3, 0.4) is 0 Å². The largest absolute Gasteiger partial charge is 0.352 e. The van der Waals surface area contributed by atoms with Gasteiger partial charge in [0.15, 0.2) is 0 Å². The summed E-state index contributed by atoms with van der Waals surface area (Å²) in [5.41, 5.74) is 0. The van der Waals surface area contributed by atoms with E-state index in [1.165, 1.54) is 19.1 Å². The Morgan fingerprint density at radius 1 is 1.32 bits per heavy atom. The first kappa shape index (κ1) is 14.5. The molecule has 19 heavy (non-hydrogen) atoms. The highest BCUT2D eigenvalue weighted by Gasteiger charge is 2.27. The third-order valence-corrected chi connectivity index (χ3v) is 4.86. The van der Waals surface area contributed by atoms with Gasteiger partial charge in [0.1, 0.15) is 0 Å². The molecule has 0 unspecified atom stereocenters. The molecule has 2 N–H and O–H groups in total. The molecule has 7 heteroatoms. The molecule has 0 bridgehead atoms. The second kappa shape index (κ2) is 5.60. The maximum absolute atomic E-state index is 12.1. The van der Waals surface area contributed by atoms with E-state index in [1.807, 2.05) is 0 Å². The van der Waals surface area contributed by atoms with Crippen molar-refractivity contribution in [3.8, 4) is 0 Å². The van der Waals surface area contributed by atoms with E-state index in [1.54, 1.807) is 12.1 Å². The summed E-state index contributed by atoms with van der Waals surface area (Å²) < 4.78 is 27.3. The minimum absolute atomic E-state index is 0.141. The first-order valence-corrected chi connectivity index (χ1v) is 8.24. The number of hydrogen-bond acceptors (Lipinski definition) is 3. The highest BCUT2D eigenvalue weighted by Crippen LogP contribution is 2.19. The zero-order valence-corrected chi connectivity index (χ0v) is 12.8. The summed E-state index contributed by atoms with van der Waals surface area (Å²) in [6.07, 6.45) is 1.94. The van der Waals surface area contributed by atoms with Crippen LogP contribution in [0.4, 0.5) is 0 Å². The number of carbonyl (C=O) groups excluding carboxylic acids is 1. The molecule has 104 valence electrons. The van der Waals surface area contributed by atoms with Crippen LogP contribution in [0.1, 0.15) is 19.8 Å². The zero-order valence-electron chi connectivity index (χ0n) is 10.4. The van der Waals surface area contributed by atoms with Crippen molar-refractivity contribution in [1.82, 2.24) is 10.0 Å². The van der Waals surface area contributed by atoms with Gasteiger partial charge in [0.25, 0.3) is 0 Å². The Kier molecular flexibility index (Phi) is 4.27. The second-order valence-electron chi connectivity index (χ2n) is 4.58. The van der Waals surface area contributed by atoms with E-state index < -0.39 is 16.1 Å². The summed E-state index contributed by atoms with van der Waals surface area (Å²) in [6.45, 7) is 1.54. The standard InChI is InChI=1S/C12H15BrN2O3S/c1-8(12(16)14-10-4-5-10)15-19(17,18)11-6-2-9(13)3-7-11/h2-3,6-8,10,15H,4-5H2,1H3,(H,14,16)/t8-/m1/s1. The zero-order chi connectivity index (χ0) is 14.0. The Labute approximate surface area is 121 Å². The van der Waals surface area contributed by atoms with Crippen LogP contribution in [0.5, 0.6) is 0 Å². The van der Waals surface area contributed by atoms with Crippen molar-refractivity contribution in [2.45, 2.75) is 36.7 Å². The molecule has 0 aliphatic heterocycles. The molecule has 1 saturated carbocycles. The van der Waals surface area contributed by atoms with Crippen LogP contribution in [-0.4, -0.2) is 26.4 Å². The minimum atomic E-state index is -3.67. The van der Waals surface area contributed by atoms with Gasteiger partial charge in [-0.2, -0.15) is 4.72 Å². The van der Waals surface area contributed by atoms with Crippen LogP contribution in [0.25, 0.3) is 0 Å². The number of nitrogens with one attached hydrogen (secondary N) is 2. The van der Waals surface area contributed by atoms with Gasteiger partial charge in [0, 0.05) is 10.5 Å². The van der Waals surface area contributed by atoms with Gasteiger partial charge in [-0.3, -0.25) is 4.79 Å². The fraction of sp³-hybridized carbons (Fsp3) is 0.417. The molecular weight excluding hydrogens is 332 g/mol. The number of amides is 1. The van der Waals surface area contributed by atoms with Crippen LogP contribution in [0.2, 0.25) is 0 Å². The van der Waals surface area contributed by atoms with E-state index >= 15 is 0 Å². The Morgan fingerprint density at radius 3 is 2.42 bits per heavy atom. The molecule has 0 saturated heterocycles. The number of halogens is 1. The van der Waals surface area contributed by atoms with Crippen molar-refractivity contribution < 1.29 is 13.2 Å². The number of sulfonamides is 1. The first-order chi connectivity index (χ1) is 8.88. The lowest BCUT2D eigenvalue weighted by molar-refractivity contribution is -0.122. The third-order valence-electron chi connectivity index (χ3n) is 2.77. The molecule has 1 aromatic carbocycles. The van der Waals surface area contributed by atoms with Crippen molar-refractivity contribution in [3.05, 3.63) is 28.7 Å². The Hall–Kier alpha value is -0.920. The average Bonchev–Trinajstić information content (AvgIpc) is 3.12. The topological polar surface area (TPSA) is 75.3 Å². The van der Waals surface area contributed by atoms with Gasteiger partial charge in [-0.15, -0.1) is 0 Å². The normalized spacial score (nSPS) is 16.9. The van der Waals surface area contributed by atoms with Crippen molar-refractivity contribution in [1.29, 1.82) is 0 Å². The molecule has 1 atom stereocenters. The van der Waals surface area contributed by atoms with Gasteiger partial charge >= 0.3 is 0 Å². The van der Waals surface area contributed by atoms with Gasteiger partial charge < -0.3 is 5.32 Å². The van der Waals surface area contributed by atoms with Crippen molar-refractivity contribution in [2.24, 2.45) is 0 Å². The van der Waals surface area contributed by atoms with E-state index in [-0.39, 0.29) is 16.8 Å². The highest BCUT2D eigenvalue weighted by atomic mass is 79.9. The SMILES string of the molecule is C[C@@H](NS(=O)(=O)c1ccc(Br)cc1)C(=O)NC1CC1. The molecular formula is C12H15BrN2O3S. The molecule has 5 nitrogen and oxygen atoms in total. The van der Waals surface area contributed by atoms with E-state index in [0.29, 0.717) is 0 Å². The van der Waals surface area contributed by atoms with Gasteiger partial charge in [-0.1, -0.05) is 15.9 Å². The molecule has 1 amide bonds. The number of benzene rings is 1. The molecule has 1 aliphatic rings. The predicted octanol–water partition coefficient (Wildman–Crippen LogP) is 1.39. The van der Waals surface area contributed by atoms with E-state index in [2.05, 4.69) is 26.0 Å². The van der Waals surface area contributed by atoms with Gasteiger partial charge in [-0.25, -0.2) is 8.42 Å². The predicted molar refractivity (Wildman–Crippen MR) is 75.1 cm³/mol. The summed E-state index contributed by atoms with van der Waals surface area (Å²) in [5, 5.41) is 2.76. The van der Waals surface area contributed by atoms with Crippen LogP contribution < -0.4 is 10.0 Å². The van der Waals surface area contributed by atoms with Crippen LogP contribution in [-0.2, 0) is 14.8 Å². The van der Waals surface area contributed by atoms with E-state index in [9.17, 15) is 13.2 Å². The quantitative estimate of drug-likeness (QED) is 0.845. The maximum atomic E-state index is 12.1. The molecule has 1 aliphatic carbocycles. The van der Waals surface area contributed by atoms with Crippen LogP contribution >= 0.6 is 15.9 Å². The number of carbonyl (C=O) groups is 1. The van der Waals surface area contributed by atoms with Crippen molar-refractivity contribution >= 4 is 31.9 Å². The fourth-order valence-corrected chi connectivity index (χ4v) is 2.99. The van der Waals surface area contributed by atoms with Gasteiger partial charge in [-0.05, 0) is 44.0 Å². The lowest BCUT2D eigenvalue weighted by Crippen LogP contribution is -2.45. The summed E-state index contributed by atoms with van der Waals surface area (Å²) in [5.74, 6) is -0.289. The summed E-state index contributed by atoms with van der Waals surface area (Å²) >= 11 is 3.24. The molecule has 0 radical (unpaired) electrons. The fourth-order valence-electron chi connectivity index (χ4n) is 1.52. The maximum Gasteiger partial charge on any atom is 0.241 e. The van der Waals surface area contributed by atoms with Gasteiger partial charge in [0.05, 0.1) is 10.9 Å². The summed E-state index contributed by atoms with van der Waals surface area (Å²) in [4.78, 5) is 11.9. The van der Waals surface area contributed by atoms with Crippen molar-refractivity contribution in [3.63, 3.8) is 0 Å². The van der Waals surface area contributed by atoms with Crippen LogP contribution in [0.15, 0.2) is 33.6 Å². The molecule has 0 aromatic heterocycles. The smallest absolute Gasteiger partial charge is 0.241 e. The van der Waals surface area contributed by atoms with Gasteiger partial charge in [0.2, 0.25) is 15.9 Å². The molecule has 1 aromatic rings. The third kappa shape index (κ3) is 4.02. The Bertz CT molecular complexity index is 567. The van der Waals surface area contributed by atoms with Crippen LogP contribution in [0, 0.1) is 0 Å². The average molecular weight is 347 g/mol. The first-order valence-electron chi connectivity index (χ1n) is 5.97. The van der Waals surface area contributed by atoms with E-state index in [0.717, 1.165) is 17.3 Å². The lowest BCUT2D eigenvalue weighted by atomic mass is 10.3. The Balaban J connectivity index is 2.03. The monoisotopic (exact) mass is 346 g/mol. The number of hydrogen-bond donors (Lipinski definition) is 2. The summed E-state index contributed by atoms with van der Waals surface area (Å²) in [7, 11) is -3.67. The number of rotatable bonds is 5. The second-order valence-corrected chi connectivity index (χ2v) is 7.21. The molecule has 0 heterocycles. The van der Waals surface area contributed by atoms with E-state index in [4.69, 9.17) is 0 Å². The Morgan fingerprint density at radius 2 is 1.89 bits per heavy atom. The molecule has 1 fully saturated rings. The highest BCUT2D eigenvalue weighted by molar-refractivity contribution is 9.10. The summed E-state index contributed by atoms with van der Waals surface area (Å²) in [6, 6.07) is 5.68.